The molecule has 140 valence electrons. The molecule has 0 N–H and O–H groups in total. The fraction of sp³-hybridized carbons (Fsp3) is 0.920. The average Bonchev–Trinajstić information content (AvgIpc) is 3.12. The molecule has 1 spiro atoms. The molecular weight excluding hydrogens is 300 g/mol. The second-order valence-corrected chi connectivity index (χ2v) is 11.5. The molecule has 0 radical (unpaired) electrons. The first-order valence-electron chi connectivity index (χ1n) is 11.6. The van der Waals surface area contributed by atoms with Gasteiger partial charge in [-0.05, 0) is 117 Å². The monoisotopic (exact) mass is 340 g/mol. The van der Waals surface area contributed by atoms with E-state index in [1.807, 2.05) is 5.57 Å². The Balaban J connectivity index is 1.48. The molecule has 25 heavy (non-hydrogen) atoms. The number of hydrogen-bond donors (Lipinski definition) is 0. The Morgan fingerprint density at radius 2 is 1.72 bits per heavy atom. The highest BCUT2D eigenvalue weighted by atomic mass is 14.7. The molecule has 5 aliphatic rings. The Labute approximate surface area is 156 Å². The molecule has 0 aromatic heterocycles. The van der Waals surface area contributed by atoms with E-state index in [1.165, 1.54) is 44.9 Å². The SMILES string of the molecule is C/C=C1/CCC23CCC4C(CCC5(C)C[C@H](C)CCC45C)C2CCC13. The zero-order valence-electron chi connectivity index (χ0n) is 17.2. The Kier molecular flexibility index (Phi) is 3.64. The summed E-state index contributed by atoms with van der Waals surface area (Å²) in [6, 6.07) is 0. The quantitative estimate of drug-likeness (QED) is 0.403. The van der Waals surface area contributed by atoms with Crippen LogP contribution in [0.1, 0.15) is 98.3 Å². The van der Waals surface area contributed by atoms with Crippen LogP contribution in [-0.2, 0) is 0 Å². The second-order valence-electron chi connectivity index (χ2n) is 11.5. The molecular formula is C25H40. The average molecular weight is 341 g/mol. The van der Waals surface area contributed by atoms with Crippen molar-refractivity contribution < 1.29 is 0 Å². The summed E-state index contributed by atoms with van der Waals surface area (Å²) in [5.74, 6) is 5.14. The van der Waals surface area contributed by atoms with Gasteiger partial charge in [0.25, 0.3) is 0 Å². The van der Waals surface area contributed by atoms with E-state index in [-0.39, 0.29) is 0 Å². The van der Waals surface area contributed by atoms with Gasteiger partial charge in [0, 0.05) is 0 Å². The van der Waals surface area contributed by atoms with Crippen molar-refractivity contribution in [1.82, 2.24) is 0 Å². The lowest BCUT2D eigenvalue weighted by Gasteiger charge is -2.65. The number of rotatable bonds is 0. The van der Waals surface area contributed by atoms with E-state index in [0.29, 0.717) is 10.8 Å². The lowest BCUT2D eigenvalue weighted by atomic mass is 9.40. The van der Waals surface area contributed by atoms with Crippen molar-refractivity contribution in [2.45, 2.75) is 98.3 Å². The first-order valence-corrected chi connectivity index (χ1v) is 11.6. The van der Waals surface area contributed by atoms with E-state index < -0.39 is 0 Å². The fourth-order valence-corrected chi connectivity index (χ4v) is 9.69. The first-order chi connectivity index (χ1) is 11.9. The minimum absolute atomic E-state index is 0.637. The van der Waals surface area contributed by atoms with Gasteiger partial charge in [-0.15, -0.1) is 0 Å². The van der Waals surface area contributed by atoms with Crippen molar-refractivity contribution in [2.75, 3.05) is 0 Å². The highest BCUT2D eigenvalue weighted by molar-refractivity contribution is 5.24. The Morgan fingerprint density at radius 1 is 0.880 bits per heavy atom. The largest absolute Gasteiger partial charge is 0.0882 e. The number of allylic oxidation sites excluding steroid dienone is 2. The molecule has 0 aliphatic heterocycles. The van der Waals surface area contributed by atoms with Gasteiger partial charge in [0.15, 0.2) is 0 Å². The minimum atomic E-state index is 0.637. The van der Waals surface area contributed by atoms with Crippen LogP contribution < -0.4 is 0 Å². The molecule has 0 saturated heterocycles. The maximum absolute atomic E-state index is 2.74. The molecule has 5 fully saturated rings. The molecule has 0 aromatic rings. The van der Waals surface area contributed by atoms with E-state index in [9.17, 15) is 0 Å². The molecule has 0 aromatic carbocycles. The van der Waals surface area contributed by atoms with Gasteiger partial charge in [0.1, 0.15) is 0 Å². The molecule has 8 atom stereocenters. The van der Waals surface area contributed by atoms with Gasteiger partial charge in [0.2, 0.25) is 0 Å². The zero-order valence-corrected chi connectivity index (χ0v) is 17.2. The first kappa shape index (κ1) is 16.9. The maximum Gasteiger partial charge on any atom is -0.0144 e. The second kappa shape index (κ2) is 5.39. The third kappa shape index (κ3) is 2.01. The van der Waals surface area contributed by atoms with Crippen molar-refractivity contribution in [1.29, 1.82) is 0 Å². The van der Waals surface area contributed by atoms with Gasteiger partial charge in [-0.2, -0.15) is 0 Å². The predicted molar refractivity (Wildman–Crippen MR) is 106 cm³/mol. The molecule has 5 rings (SSSR count). The van der Waals surface area contributed by atoms with E-state index in [1.54, 1.807) is 25.7 Å². The summed E-state index contributed by atoms with van der Waals surface area (Å²) in [7, 11) is 0. The van der Waals surface area contributed by atoms with Crippen molar-refractivity contribution in [3.8, 4) is 0 Å². The molecule has 0 heteroatoms. The highest BCUT2D eigenvalue weighted by Crippen LogP contribution is 2.74. The standard InChI is InChI=1S/C25H40/c1-5-18-9-14-25-15-11-21-19(22(25)7-6-20(18)25)10-12-23(3)16-17(2)8-13-24(21,23)4/h5,17,19-22H,6-16H2,1-4H3/b18-5-/t17-,19?,20?,21?,22?,23?,24?,25?/m1/s1. The maximum atomic E-state index is 2.74. The molecule has 0 heterocycles. The summed E-state index contributed by atoms with van der Waals surface area (Å²) in [6.45, 7) is 10.3. The lowest BCUT2D eigenvalue weighted by molar-refractivity contribution is -0.160. The van der Waals surface area contributed by atoms with Crippen LogP contribution in [-0.4, -0.2) is 0 Å². The fourth-order valence-electron chi connectivity index (χ4n) is 9.69. The lowest BCUT2D eigenvalue weighted by Crippen LogP contribution is -2.57. The van der Waals surface area contributed by atoms with Crippen molar-refractivity contribution >= 4 is 0 Å². The van der Waals surface area contributed by atoms with Crippen LogP contribution in [0.25, 0.3) is 0 Å². The van der Waals surface area contributed by atoms with Crippen LogP contribution in [0.15, 0.2) is 11.6 Å². The topological polar surface area (TPSA) is 0 Å². The summed E-state index contributed by atoms with van der Waals surface area (Å²) in [4.78, 5) is 0. The minimum Gasteiger partial charge on any atom is -0.0882 e. The van der Waals surface area contributed by atoms with Gasteiger partial charge in [-0.1, -0.05) is 38.8 Å². The zero-order chi connectivity index (χ0) is 17.4. The van der Waals surface area contributed by atoms with Crippen LogP contribution in [0.4, 0.5) is 0 Å². The van der Waals surface area contributed by atoms with Crippen molar-refractivity contribution in [3.05, 3.63) is 11.6 Å². The van der Waals surface area contributed by atoms with Crippen LogP contribution in [0.5, 0.6) is 0 Å². The van der Waals surface area contributed by atoms with Gasteiger partial charge >= 0.3 is 0 Å². The van der Waals surface area contributed by atoms with E-state index >= 15 is 0 Å². The molecule has 0 amide bonds. The summed E-state index contributed by atoms with van der Waals surface area (Å²) in [5.41, 5.74) is 3.87. The number of hydrogen-bond acceptors (Lipinski definition) is 0. The van der Waals surface area contributed by atoms with E-state index in [0.717, 1.165) is 35.0 Å². The highest BCUT2D eigenvalue weighted by Gasteiger charge is 2.65. The smallest absolute Gasteiger partial charge is 0.0144 e. The van der Waals surface area contributed by atoms with Gasteiger partial charge in [-0.25, -0.2) is 0 Å². The Hall–Kier alpha value is -0.260. The van der Waals surface area contributed by atoms with Gasteiger partial charge < -0.3 is 0 Å². The van der Waals surface area contributed by atoms with Gasteiger partial charge in [-0.3, -0.25) is 0 Å². The number of fused-ring (bicyclic) bond motifs is 4. The summed E-state index contributed by atoms with van der Waals surface area (Å²) in [6.07, 6.45) is 19.3. The van der Waals surface area contributed by atoms with E-state index in [4.69, 9.17) is 0 Å². The van der Waals surface area contributed by atoms with E-state index in [2.05, 4.69) is 33.8 Å². The van der Waals surface area contributed by atoms with Crippen LogP contribution in [0.3, 0.4) is 0 Å². The summed E-state index contributed by atoms with van der Waals surface area (Å²) >= 11 is 0. The Morgan fingerprint density at radius 3 is 2.52 bits per heavy atom. The van der Waals surface area contributed by atoms with Crippen LogP contribution in [0.2, 0.25) is 0 Å². The van der Waals surface area contributed by atoms with Crippen LogP contribution in [0, 0.1) is 45.8 Å². The van der Waals surface area contributed by atoms with Crippen molar-refractivity contribution in [3.63, 3.8) is 0 Å². The summed E-state index contributed by atoms with van der Waals surface area (Å²) < 4.78 is 0. The third-order valence-electron chi connectivity index (χ3n) is 11.0. The molecule has 0 nitrogen and oxygen atoms in total. The van der Waals surface area contributed by atoms with Crippen molar-refractivity contribution in [2.24, 2.45) is 45.8 Å². The molecule has 5 aliphatic carbocycles. The molecule has 5 saturated carbocycles. The molecule has 0 bridgehead atoms. The normalized spacial score (nSPS) is 59.2. The van der Waals surface area contributed by atoms with Crippen LogP contribution >= 0.6 is 0 Å². The third-order valence-corrected chi connectivity index (χ3v) is 11.0. The summed E-state index contributed by atoms with van der Waals surface area (Å²) in [5, 5.41) is 0. The van der Waals surface area contributed by atoms with Gasteiger partial charge in [0.05, 0.1) is 0 Å². The predicted octanol–water partition coefficient (Wildman–Crippen LogP) is 7.39. The Bertz CT molecular complexity index is 587. The molecule has 7 unspecified atom stereocenters.